The molecule has 2 N–H and O–H groups in total. The van der Waals surface area contributed by atoms with Crippen molar-refractivity contribution >= 4 is 23.3 Å². The van der Waals surface area contributed by atoms with Gasteiger partial charge >= 0.3 is 5.97 Å². The van der Waals surface area contributed by atoms with Crippen LogP contribution in [0.2, 0.25) is 0 Å². The molecule has 0 aromatic heterocycles. The van der Waals surface area contributed by atoms with Crippen molar-refractivity contribution in [2.45, 2.75) is 23.5 Å². The van der Waals surface area contributed by atoms with Gasteiger partial charge in [-0.1, -0.05) is 48.5 Å². The molecule has 2 aromatic rings. The van der Waals surface area contributed by atoms with E-state index in [0.717, 1.165) is 25.3 Å². The average molecular weight is 365 g/mol. The number of nitrogens with one attached hydrogen (secondary N) is 1. The molecular formula is C22H23NO2S. The summed E-state index contributed by atoms with van der Waals surface area (Å²) in [5, 5.41) is 12.9. The van der Waals surface area contributed by atoms with Crippen LogP contribution in [0.5, 0.6) is 0 Å². The van der Waals surface area contributed by atoms with Crippen molar-refractivity contribution in [1.29, 1.82) is 0 Å². The summed E-state index contributed by atoms with van der Waals surface area (Å²) >= 11 is 1.88. The van der Waals surface area contributed by atoms with Crippen LogP contribution < -0.4 is 5.32 Å². The first-order chi connectivity index (χ1) is 12.7. The zero-order valence-electron chi connectivity index (χ0n) is 14.7. The first-order valence-electron chi connectivity index (χ1n) is 9.18. The van der Waals surface area contributed by atoms with E-state index < -0.39 is 5.97 Å². The van der Waals surface area contributed by atoms with Crippen molar-refractivity contribution in [3.63, 3.8) is 0 Å². The largest absolute Gasteiger partial charge is 0.481 e. The van der Waals surface area contributed by atoms with Crippen molar-refractivity contribution in [3.05, 3.63) is 71.3 Å². The van der Waals surface area contributed by atoms with E-state index in [1.807, 2.05) is 11.8 Å². The number of allylic oxidation sites excluding steroid dienone is 1. The number of aliphatic carboxylic acids is 1. The number of hydrogen-bond acceptors (Lipinski definition) is 3. The number of benzene rings is 2. The highest BCUT2D eigenvalue weighted by Gasteiger charge is 2.30. The summed E-state index contributed by atoms with van der Waals surface area (Å²) in [6, 6.07) is 17.1. The molecule has 2 aliphatic rings. The predicted molar refractivity (Wildman–Crippen MR) is 106 cm³/mol. The van der Waals surface area contributed by atoms with Crippen LogP contribution >= 0.6 is 11.8 Å². The van der Waals surface area contributed by atoms with E-state index >= 15 is 0 Å². The molecule has 0 saturated carbocycles. The SMILES string of the molecule is O=C(O)C1CCNCC1C/C=C1\c2ccccc2CSc2ccccc21. The topological polar surface area (TPSA) is 49.3 Å². The number of hydrogen-bond donors (Lipinski definition) is 2. The van der Waals surface area contributed by atoms with Gasteiger partial charge in [0.1, 0.15) is 0 Å². The molecule has 134 valence electrons. The molecule has 26 heavy (non-hydrogen) atoms. The molecule has 0 bridgehead atoms. The van der Waals surface area contributed by atoms with Crippen LogP contribution in [0.1, 0.15) is 29.5 Å². The van der Waals surface area contributed by atoms with Gasteiger partial charge in [0.2, 0.25) is 0 Å². The van der Waals surface area contributed by atoms with E-state index in [9.17, 15) is 9.90 Å². The smallest absolute Gasteiger partial charge is 0.306 e. The highest BCUT2D eigenvalue weighted by Crippen LogP contribution is 2.40. The van der Waals surface area contributed by atoms with E-state index in [0.29, 0.717) is 6.42 Å². The van der Waals surface area contributed by atoms with Crippen molar-refractivity contribution in [2.24, 2.45) is 11.8 Å². The van der Waals surface area contributed by atoms with E-state index in [2.05, 4.69) is 59.9 Å². The van der Waals surface area contributed by atoms with Gasteiger partial charge in [-0.15, -0.1) is 11.8 Å². The van der Waals surface area contributed by atoms with Gasteiger partial charge in [-0.25, -0.2) is 0 Å². The Hall–Kier alpha value is -2.04. The van der Waals surface area contributed by atoms with Gasteiger partial charge in [0.05, 0.1) is 5.92 Å². The third kappa shape index (κ3) is 3.44. The summed E-state index contributed by atoms with van der Waals surface area (Å²) in [6.07, 6.45) is 3.77. The zero-order valence-corrected chi connectivity index (χ0v) is 15.5. The number of thioether (sulfide) groups is 1. The lowest BCUT2D eigenvalue weighted by Crippen LogP contribution is -2.39. The van der Waals surface area contributed by atoms with Crippen LogP contribution in [0.3, 0.4) is 0 Å². The van der Waals surface area contributed by atoms with Crippen LogP contribution in [0.4, 0.5) is 0 Å². The third-order valence-electron chi connectivity index (χ3n) is 5.42. The van der Waals surface area contributed by atoms with Crippen molar-refractivity contribution < 1.29 is 9.90 Å². The maximum absolute atomic E-state index is 11.6. The Morgan fingerprint density at radius 2 is 1.92 bits per heavy atom. The lowest BCUT2D eigenvalue weighted by molar-refractivity contribution is -0.144. The van der Waals surface area contributed by atoms with Crippen LogP contribution in [0.15, 0.2) is 59.5 Å². The molecule has 0 radical (unpaired) electrons. The standard InChI is InChI=1S/C22H23NO2S/c24-22(25)18-11-12-23-13-15(18)9-10-19-17-6-2-1-5-16(17)14-26-21-8-4-3-7-20(19)21/h1-8,10,15,18,23H,9,11-14H2,(H,24,25)/b19-10+. The number of carbonyl (C=O) groups is 1. The summed E-state index contributed by atoms with van der Waals surface area (Å²) in [5.41, 5.74) is 5.13. The number of carboxylic acid groups (broad SMARTS) is 1. The van der Waals surface area contributed by atoms with Gasteiger partial charge in [-0.3, -0.25) is 4.79 Å². The summed E-state index contributed by atoms with van der Waals surface area (Å²) in [5.74, 6) is 0.197. The average Bonchev–Trinajstić information content (AvgIpc) is 2.83. The first kappa shape index (κ1) is 17.4. The van der Waals surface area contributed by atoms with Crippen LogP contribution in [0, 0.1) is 11.8 Å². The second-order valence-electron chi connectivity index (χ2n) is 6.99. The van der Waals surface area contributed by atoms with E-state index in [1.165, 1.54) is 27.2 Å². The molecular weight excluding hydrogens is 342 g/mol. The Labute approximate surface area is 158 Å². The van der Waals surface area contributed by atoms with E-state index in [1.54, 1.807) is 0 Å². The van der Waals surface area contributed by atoms with Gasteiger partial charge in [-0.2, -0.15) is 0 Å². The quantitative estimate of drug-likeness (QED) is 0.845. The lowest BCUT2D eigenvalue weighted by atomic mass is 9.82. The minimum absolute atomic E-state index is 0.143. The molecule has 2 heterocycles. The van der Waals surface area contributed by atoms with Gasteiger partial charge in [-0.05, 0) is 60.2 Å². The fraction of sp³-hybridized carbons (Fsp3) is 0.318. The molecule has 4 heteroatoms. The first-order valence-corrected chi connectivity index (χ1v) is 10.2. The minimum atomic E-state index is -0.660. The maximum atomic E-state index is 11.6. The zero-order chi connectivity index (χ0) is 17.9. The molecule has 2 unspecified atom stereocenters. The van der Waals surface area contributed by atoms with E-state index in [-0.39, 0.29) is 11.8 Å². The molecule has 1 saturated heterocycles. The Morgan fingerprint density at radius 1 is 1.15 bits per heavy atom. The maximum Gasteiger partial charge on any atom is 0.306 e. The fourth-order valence-corrected chi connectivity index (χ4v) is 5.08. The van der Waals surface area contributed by atoms with Gasteiger partial charge in [0, 0.05) is 10.6 Å². The van der Waals surface area contributed by atoms with Gasteiger partial charge < -0.3 is 10.4 Å². The highest BCUT2D eigenvalue weighted by molar-refractivity contribution is 7.98. The molecule has 2 aliphatic heterocycles. The Kier molecular flexibility index (Phi) is 5.14. The van der Waals surface area contributed by atoms with Crippen LogP contribution in [0.25, 0.3) is 5.57 Å². The fourth-order valence-electron chi connectivity index (χ4n) is 4.01. The Balaban J connectivity index is 1.72. The summed E-state index contributed by atoms with van der Waals surface area (Å²) < 4.78 is 0. The Morgan fingerprint density at radius 3 is 2.77 bits per heavy atom. The lowest BCUT2D eigenvalue weighted by Gasteiger charge is -2.28. The summed E-state index contributed by atoms with van der Waals surface area (Å²) in [4.78, 5) is 12.9. The summed E-state index contributed by atoms with van der Waals surface area (Å²) in [7, 11) is 0. The predicted octanol–water partition coefficient (Wildman–Crippen LogP) is 4.42. The van der Waals surface area contributed by atoms with Crippen LogP contribution in [-0.2, 0) is 10.5 Å². The molecule has 0 aliphatic carbocycles. The number of carboxylic acids is 1. The minimum Gasteiger partial charge on any atom is -0.481 e. The van der Waals surface area contributed by atoms with Crippen molar-refractivity contribution in [3.8, 4) is 0 Å². The van der Waals surface area contributed by atoms with Gasteiger partial charge in [0.25, 0.3) is 0 Å². The second-order valence-corrected chi connectivity index (χ2v) is 8.01. The van der Waals surface area contributed by atoms with Gasteiger partial charge in [0.15, 0.2) is 0 Å². The highest BCUT2D eigenvalue weighted by atomic mass is 32.2. The third-order valence-corrected chi connectivity index (χ3v) is 6.54. The molecule has 4 rings (SSSR count). The molecule has 1 fully saturated rings. The van der Waals surface area contributed by atoms with Crippen molar-refractivity contribution in [1.82, 2.24) is 5.32 Å². The second kappa shape index (κ2) is 7.68. The number of fused-ring (bicyclic) bond motifs is 2. The number of piperidine rings is 1. The van der Waals surface area contributed by atoms with E-state index in [4.69, 9.17) is 0 Å². The molecule has 0 amide bonds. The molecule has 2 aromatic carbocycles. The molecule has 2 atom stereocenters. The monoisotopic (exact) mass is 365 g/mol. The normalized spacial score (nSPS) is 23.8. The van der Waals surface area contributed by atoms with Crippen LogP contribution in [-0.4, -0.2) is 24.2 Å². The summed E-state index contributed by atoms with van der Waals surface area (Å²) in [6.45, 7) is 1.57. The molecule has 0 spiro atoms. The number of rotatable bonds is 3. The van der Waals surface area contributed by atoms with Crippen molar-refractivity contribution in [2.75, 3.05) is 13.1 Å². The molecule has 3 nitrogen and oxygen atoms in total. The Bertz CT molecular complexity index is 796.